The van der Waals surface area contributed by atoms with Crippen molar-refractivity contribution >= 4 is 10.0 Å². The molecule has 0 aliphatic heterocycles. The number of benzene rings is 1. The minimum absolute atomic E-state index is 0.0205. The molecule has 3 rings (SSSR count). The van der Waals surface area contributed by atoms with E-state index in [1.54, 1.807) is 30.6 Å². The Bertz CT molecular complexity index is 920. The Balaban J connectivity index is 1.83. The van der Waals surface area contributed by atoms with Gasteiger partial charge in [-0.3, -0.25) is 0 Å². The highest BCUT2D eigenvalue weighted by molar-refractivity contribution is 7.88. The molecule has 10 heteroatoms. The van der Waals surface area contributed by atoms with Crippen LogP contribution in [-0.2, 0) is 16.6 Å². The fourth-order valence-corrected chi connectivity index (χ4v) is 2.36. The van der Waals surface area contributed by atoms with Crippen LogP contribution in [0.2, 0.25) is 0 Å². The molecule has 0 spiro atoms. The third kappa shape index (κ3) is 3.60. The van der Waals surface area contributed by atoms with Crippen LogP contribution in [0.15, 0.2) is 42.9 Å². The second kappa shape index (κ2) is 5.89. The molecule has 0 aliphatic rings. The van der Waals surface area contributed by atoms with Gasteiger partial charge in [0.15, 0.2) is 5.82 Å². The molecule has 120 valence electrons. The largest absolute Gasteiger partial charge is 0.238 e. The maximum Gasteiger partial charge on any atom is 0.209 e. The number of sulfonamides is 1. The second-order valence-corrected chi connectivity index (χ2v) is 6.67. The smallest absolute Gasteiger partial charge is 0.209 e. The maximum atomic E-state index is 14.2. The van der Waals surface area contributed by atoms with Gasteiger partial charge in [0.1, 0.15) is 5.69 Å². The molecular weight excluding hydrogens is 323 g/mol. The molecule has 0 saturated carbocycles. The van der Waals surface area contributed by atoms with Crippen molar-refractivity contribution in [2.24, 2.45) is 0 Å². The fraction of sp³-hybridized carbons (Fsp3) is 0.154. The molecule has 2 heterocycles. The number of hydrogen-bond donors (Lipinski definition) is 1. The summed E-state index contributed by atoms with van der Waals surface area (Å²) in [4.78, 5) is 0. The molecular formula is C13H13FN6O2S. The molecule has 0 atom stereocenters. The van der Waals surface area contributed by atoms with Crippen LogP contribution in [0.25, 0.3) is 11.4 Å². The summed E-state index contributed by atoms with van der Waals surface area (Å²) in [6.45, 7) is 0.0205. The van der Waals surface area contributed by atoms with E-state index in [4.69, 9.17) is 0 Å². The molecule has 0 amide bonds. The summed E-state index contributed by atoms with van der Waals surface area (Å²) in [5.74, 6) is -0.461. The second-order valence-electron chi connectivity index (χ2n) is 4.83. The summed E-state index contributed by atoms with van der Waals surface area (Å²) in [5.41, 5.74) is 1.21. The summed E-state index contributed by atoms with van der Waals surface area (Å²) < 4.78 is 41.4. The first-order valence-corrected chi connectivity index (χ1v) is 8.47. The first kappa shape index (κ1) is 15.3. The number of halogens is 1. The van der Waals surface area contributed by atoms with Gasteiger partial charge in [-0.05, 0) is 18.2 Å². The van der Waals surface area contributed by atoms with Crippen LogP contribution in [0.4, 0.5) is 4.39 Å². The van der Waals surface area contributed by atoms with Gasteiger partial charge in [0, 0.05) is 18.5 Å². The lowest BCUT2D eigenvalue weighted by Crippen LogP contribution is -2.21. The van der Waals surface area contributed by atoms with E-state index in [2.05, 4.69) is 20.1 Å². The molecule has 0 radical (unpaired) electrons. The standard InChI is InChI=1S/C13H13FN6O2S/c1-23(21,22)16-8-10-9-20(18-17-10)11-3-4-13(12(14)7-11)19-6-2-5-15-19/h2-7,9,16H,8H2,1H3. The lowest BCUT2D eigenvalue weighted by molar-refractivity contribution is 0.586. The first-order chi connectivity index (χ1) is 10.9. The topological polar surface area (TPSA) is 94.7 Å². The number of hydrogen-bond acceptors (Lipinski definition) is 5. The molecule has 1 aromatic carbocycles. The summed E-state index contributed by atoms with van der Waals surface area (Å²) in [6, 6.07) is 6.25. The van der Waals surface area contributed by atoms with Crippen molar-refractivity contribution in [3.05, 3.63) is 54.4 Å². The van der Waals surface area contributed by atoms with E-state index in [1.807, 2.05) is 0 Å². The molecule has 1 N–H and O–H groups in total. The lowest BCUT2D eigenvalue weighted by Gasteiger charge is -2.05. The van der Waals surface area contributed by atoms with Crippen LogP contribution in [0.3, 0.4) is 0 Å². The fourth-order valence-electron chi connectivity index (χ4n) is 1.95. The average molecular weight is 336 g/mol. The van der Waals surface area contributed by atoms with Crippen molar-refractivity contribution in [3.8, 4) is 11.4 Å². The molecule has 0 bridgehead atoms. The van der Waals surface area contributed by atoms with E-state index < -0.39 is 15.8 Å². The highest BCUT2D eigenvalue weighted by atomic mass is 32.2. The van der Waals surface area contributed by atoms with Gasteiger partial charge in [0.05, 0.1) is 30.4 Å². The number of rotatable bonds is 5. The Kier molecular flexibility index (Phi) is 3.92. The van der Waals surface area contributed by atoms with Crippen LogP contribution < -0.4 is 4.72 Å². The van der Waals surface area contributed by atoms with Gasteiger partial charge in [0.2, 0.25) is 10.0 Å². The van der Waals surface area contributed by atoms with Crippen molar-refractivity contribution in [3.63, 3.8) is 0 Å². The molecule has 0 aliphatic carbocycles. The van der Waals surface area contributed by atoms with Gasteiger partial charge in [-0.2, -0.15) is 5.10 Å². The zero-order valence-electron chi connectivity index (χ0n) is 12.1. The van der Waals surface area contributed by atoms with E-state index in [1.165, 1.54) is 21.6 Å². The van der Waals surface area contributed by atoms with E-state index in [9.17, 15) is 12.8 Å². The van der Waals surface area contributed by atoms with Crippen molar-refractivity contribution < 1.29 is 12.8 Å². The van der Waals surface area contributed by atoms with E-state index in [0.717, 1.165) is 6.26 Å². The number of aromatic nitrogens is 5. The summed E-state index contributed by atoms with van der Waals surface area (Å²) in [5, 5.41) is 11.7. The molecule has 3 aromatic rings. The van der Waals surface area contributed by atoms with Gasteiger partial charge in [0.25, 0.3) is 0 Å². The normalized spacial score (nSPS) is 11.7. The average Bonchev–Trinajstić information content (AvgIpc) is 3.16. The predicted octanol–water partition coefficient (Wildman–Crippen LogP) is 0.641. The minimum atomic E-state index is -3.31. The van der Waals surface area contributed by atoms with Gasteiger partial charge < -0.3 is 0 Å². The third-order valence-electron chi connectivity index (χ3n) is 3.00. The zero-order valence-corrected chi connectivity index (χ0v) is 12.9. The summed E-state index contributed by atoms with van der Waals surface area (Å²) in [7, 11) is -3.31. The monoisotopic (exact) mass is 336 g/mol. The Morgan fingerprint density at radius 2 is 2.13 bits per heavy atom. The molecule has 8 nitrogen and oxygen atoms in total. The summed E-state index contributed by atoms with van der Waals surface area (Å²) >= 11 is 0. The summed E-state index contributed by atoms with van der Waals surface area (Å²) in [6.07, 6.45) is 5.79. The Labute approximate surface area is 131 Å². The van der Waals surface area contributed by atoms with Gasteiger partial charge in [-0.15, -0.1) is 5.10 Å². The van der Waals surface area contributed by atoms with Crippen LogP contribution in [-0.4, -0.2) is 39.4 Å². The van der Waals surface area contributed by atoms with Crippen molar-refractivity contribution in [2.45, 2.75) is 6.54 Å². The maximum absolute atomic E-state index is 14.2. The SMILES string of the molecule is CS(=O)(=O)NCc1cn(-c2ccc(-n3cccn3)c(F)c2)nn1. The minimum Gasteiger partial charge on any atom is -0.238 e. The van der Waals surface area contributed by atoms with Crippen LogP contribution >= 0.6 is 0 Å². The number of nitrogens with zero attached hydrogens (tertiary/aromatic N) is 5. The highest BCUT2D eigenvalue weighted by Gasteiger charge is 2.10. The van der Waals surface area contributed by atoms with Crippen LogP contribution in [0.5, 0.6) is 0 Å². The molecule has 0 unspecified atom stereocenters. The van der Waals surface area contributed by atoms with E-state index in [-0.39, 0.29) is 6.54 Å². The number of nitrogens with one attached hydrogen (secondary N) is 1. The van der Waals surface area contributed by atoms with Gasteiger partial charge in [-0.1, -0.05) is 5.21 Å². The Hall–Kier alpha value is -2.59. The van der Waals surface area contributed by atoms with Crippen LogP contribution in [0, 0.1) is 5.82 Å². The van der Waals surface area contributed by atoms with Crippen LogP contribution in [0.1, 0.15) is 5.69 Å². The molecule has 23 heavy (non-hydrogen) atoms. The Morgan fingerprint density at radius 3 is 2.78 bits per heavy atom. The predicted molar refractivity (Wildman–Crippen MR) is 80.1 cm³/mol. The zero-order chi connectivity index (χ0) is 16.4. The third-order valence-corrected chi connectivity index (χ3v) is 3.67. The van der Waals surface area contributed by atoms with E-state index >= 15 is 0 Å². The Morgan fingerprint density at radius 1 is 1.30 bits per heavy atom. The van der Waals surface area contributed by atoms with Gasteiger partial charge in [-0.25, -0.2) is 26.9 Å². The van der Waals surface area contributed by atoms with E-state index in [0.29, 0.717) is 17.1 Å². The lowest BCUT2D eigenvalue weighted by atomic mass is 10.2. The van der Waals surface area contributed by atoms with Gasteiger partial charge >= 0.3 is 0 Å². The molecule has 2 aromatic heterocycles. The van der Waals surface area contributed by atoms with Crippen molar-refractivity contribution in [1.82, 2.24) is 29.5 Å². The van der Waals surface area contributed by atoms with Crippen molar-refractivity contribution in [2.75, 3.05) is 6.26 Å². The molecule has 0 fully saturated rings. The molecule has 0 saturated heterocycles. The van der Waals surface area contributed by atoms with Crippen molar-refractivity contribution in [1.29, 1.82) is 0 Å². The first-order valence-electron chi connectivity index (χ1n) is 6.58. The highest BCUT2D eigenvalue weighted by Crippen LogP contribution is 2.16. The quantitative estimate of drug-likeness (QED) is 0.738.